The van der Waals surface area contributed by atoms with Crippen LogP contribution in [0.5, 0.6) is 0 Å². The molecule has 0 aliphatic carbocycles. The summed E-state index contributed by atoms with van der Waals surface area (Å²) in [4.78, 5) is 2.65. The molecule has 34 heavy (non-hydrogen) atoms. The highest BCUT2D eigenvalue weighted by Gasteiger charge is 2.19. The lowest BCUT2D eigenvalue weighted by Gasteiger charge is -2.11. The van der Waals surface area contributed by atoms with E-state index < -0.39 is 0 Å². The van der Waals surface area contributed by atoms with Gasteiger partial charge in [-0.15, -0.1) is 11.3 Å². The summed E-state index contributed by atoms with van der Waals surface area (Å²) in [6, 6.07) is 45.8. The minimum atomic E-state index is 1.25. The molecule has 0 unspecified atom stereocenters. The van der Waals surface area contributed by atoms with E-state index in [1.165, 1.54) is 59.5 Å². The summed E-state index contributed by atoms with van der Waals surface area (Å²) in [5.74, 6) is 0. The molecular weight excluding hydrogens is 428 g/mol. The van der Waals surface area contributed by atoms with Gasteiger partial charge in [0, 0.05) is 31.7 Å². The second-order valence-electron chi connectivity index (χ2n) is 8.58. The largest absolute Gasteiger partial charge is 0.134 e. The number of benzene rings is 5. The van der Waals surface area contributed by atoms with E-state index >= 15 is 0 Å². The molecule has 162 valence electrons. The molecule has 0 nitrogen and oxygen atoms in total. The number of hydrogen-bond acceptors (Lipinski definition) is 1. The molecule has 0 N–H and O–H groups in total. The number of aryl methyl sites for hydroxylation is 1. The Hall–Kier alpha value is -3.94. The molecule has 0 fully saturated rings. The van der Waals surface area contributed by atoms with Gasteiger partial charge in [-0.3, -0.25) is 0 Å². The predicted octanol–water partition coefficient (Wildman–Crippen LogP) is 9.88. The maximum atomic E-state index is 2.27. The number of thiophene rings is 1. The van der Waals surface area contributed by atoms with Gasteiger partial charge in [0.1, 0.15) is 0 Å². The summed E-state index contributed by atoms with van der Waals surface area (Å²) in [7, 11) is 0. The lowest BCUT2D eigenvalue weighted by atomic mass is 9.93. The van der Waals surface area contributed by atoms with Crippen molar-refractivity contribution in [2.75, 3.05) is 0 Å². The second-order valence-corrected chi connectivity index (χ2v) is 9.60. The van der Waals surface area contributed by atoms with E-state index in [2.05, 4.69) is 134 Å². The molecule has 0 amide bonds. The standard InChI is InChI=1S/C33H24S/c1-23-13-5-6-16-25(23)27-18-8-10-20-29(27)33-31-22-12-11-21-30(31)32(34-33)28-19-9-7-17-26(28)24-14-3-2-4-15-24/h2-22H,1H3. The van der Waals surface area contributed by atoms with Gasteiger partial charge in [0.05, 0.1) is 0 Å². The van der Waals surface area contributed by atoms with Crippen LogP contribution in [-0.2, 0) is 0 Å². The fraction of sp³-hybridized carbons (Fsp3) is 0.0303. The molecule has 6 rings (SSSR count). The van der Waals surface area contributed by atoms with Gasteiger partial charge in [0.15, 0.2) is 0 Å². The maximum absolute atomic E-state index is 2.27. The fourth-order valence-electron chi connectivity index (χ4n) is 4.83. The van der Waals surface area contributed by atoms with Crippen LogP contribution >= 0.6 is 11.3 Å². The van der Waals surface area contributed by atoms with Crippen LogP contribution in [-0.4, -0.2) is 0 Å². The zero-order valence-electron chi connectivity index (χ0n) is 19.0. The number of rotatable bonds is 4. The van der Waals surface area contributed by atoms with E-state index in [1.807, 2.05) is 11.3 Å². The molecule has 0 bridgehead atoms. The lowest BCUT2D eigenvalue weighted by Crippen LogP contribution is -1.86. The normalized spacial score (nSPS) is 11.1. The van der Waals surface area contributed by atoms with Crippen LogP contribution in [0.3, 0.4) is 0 Å². The molecule has 0 aliphatic heterocycles. The smallest absolute Gasteiger partial charge is 0.0434 e. The molecule has 6 aromatic rings. The van der Waals surface area contributed by atoms with Crippen LogP contribution < -0.4 is 0 Å². The van der Waals surface area contributed by atoms with E-state index in [0.717, 1.165) is 0 Å². The number of fused-ring (bicyclic) bond motifs is 1. The Balaban J connectivity index is 1.62. The monoisotopic (exact) mass is 452 g/mol. The van der Waals surface area contributed by atoms with E-state index in [0.29, 0.717) is 0 Å². The zero-order valence-corrected chi connectivity index (χ0v) is 19.8. The Morgan fingerprint density at radius 2 is 0.824 bits per heavy atom. The average molecular weight is 453 g/mol. The van der Waals surface area contributed by atoms with Crippen molar-refractivity contribution in [1.82, 2.24) is 0 Å². The minimum Gasteiger partial charge on any atom is -0.134 e. The van der Waals surface area contributed by atoms with Crippen LogP contribution in [0.25, 0.3) is 53.9 Å². The molecule has 5 aromatic carbocycles. The Morgan fingerprint density at radius 3 is 1.44 bits per heavy atom. The van der Waals surface area contributed by atoms with E-state index in [4.69, 9.17) is 0 Å². The SMILES string of the molecule is Cc1ccccc1-c1ccccc1-c1sc(-c2ccccc2-c2ccccc2)c2ccccc12. The Bertz CT molecular complexity index is 1600. The summed E-state index contributed by atoms with van der Waals surface area (Å²) in [6.45, 7) is 2.19. The van der Waals surface area contributed by atoms with Gasteiger partial charge in [-0.05, 0) is 34.7 Å². The van der Waals surface area contributed by atoms with Crippen LogP contribution in [0.2, 0.25) is 0 Å². The molecule has 1 heteroatoms. The second kappa shape index (κ2) is 8.78. The Kier molecular flexibility index (Phi) is 5.33. The molecule has 0 spiro atoms. The van der Waals surface area contributed by atoms with Crippen LogP contribution in [0, 0.1) is 6.92 Å². The van der Waals surface area contributed by atoms with Crippen LogP contribution in [0.1, 0.15) is 5.56 Å². The molecule has 0 radical (unpaired) electrons. The predicted molar refractivity (Wildman–Crippen MR) is 148 cm³/mol. The van der Waals surface area contributed by atoms with E-state index in [1.54, 1.807) is 0 Å². The molecule has 0 saturated heterocycles. The quantitative estimate of drug-likeness (QED) is 0.250. The molecule has 1 heterocycles. The maximum Gasteiger partial charge on any atom is 0.0434 e. The molecule has 0 saturated carbocycles. The first-order valence-corrected chi connectivity index (χ1v) is 12.4. The van der Waals surface area contributed by atoms with E-state index in [-0.39, 0.29) is 0 Å². The van der Waals surface area contributed by atoms with Crippen molar-refractivity contribution in [3.05, 3.63) is 133 Å². The third-order valence-electron chi connectivity index (χ3n) is 6.48. The highest BCUT2D eigenvalue weighted by Crippen LogP contribution is 2.48. The van der Waals surface area contributed by atoms with Crippen molar-refractivity contribution in [2.45, 2.75) is 6.92 Å². The summed E-state index contributed by atoms with van der Waals surface area (Å²) in [5.41, 5.74) is 8.98. The first-order chi connectivity index (χ1) is 16.8. The van der Waals surface area contributed by atoms with Gasteiger partial charge >= 0.3 is 0 Å². The highest BCUT2D eigenvalue weighted by molar-refractivity contribution is 7.21. The van der Waals surface area contributed by atoms with Gasteiger partial charge < -0.3 is 0 Å². The van der Waals surface area contributed by atoms with Gasteiger partial charge in [-0.25, -0.2) is 0 Å². The van der Waals surface area contributed by atoms with Gasteiger partial charge in [-0.1, -0.05) is 127 Å². The third-order valence-corrected chi connectivity index (χ3v) is 7.77. The average Bonchev–Trinajstić information content (AvgIpc) is 3.29. The van der Waals surface area contributed by atoms with Crippen molar-refractivity contribution >= 4 is 22.1 Å². The molecule has 1 aromatic heterocycles. The molecular formula is C33H24S. The first kappa shape index (κ1) is 20.7. The molecule has 0 aliphatic rings. The Labute approximate surface area is 204 Å². The van der Waals surface area contributed by atoms with Gasteiger partial charge in [0.2, 0.25) is 0 Å². The van der Waals surface area contributed by atoms with Gasteiger partial charge in [0.25, 0.3) is 0 Å². The molecule has 0 atom stereocenters. The summed E-state index contributed by atoms with van der Waals surface area (Å²) >= 11 is 1.90. The summed E-state index contributed by atoms with van der Waals surface area (Å²) < 4.78 is 0. The topological polar surface area (TPSA) is 0 Å². The third kappa shape index (κ3) is 3.55. The first-order valence-electron chi connectivity index (χ1n) is 11.6. The Morgan fingerprint density at radius 1 is 0.382 bits per heavy atom. The van der Waals surface area contributed by atoms with E-state index in [9.17, 15) is 0 Å². The van der Waals surface area contributed by atoms with Crippen molar-refractivity contribution in [3.63, 3.8) is 0 Å². The van der Waals surface area contributed by atoms with Crippen molar-refractivity contribution in [1.29, 1.82) is 0 Å². The van der Waals surface area contributed by atoms with Crippen molar-refractivity contribution in [3.8, 4) is 43.1 Å². The fourth-order valence-corrected chi connectivity index (χ4v) is 6.19. The minimum absolute atomic E-state index is 1.25. The van der Waals surface area contributed by atoms with Crippen LogP contribution in [0.15, 0.2) is 127 Å². The summed E-state index contributed by atoms with van der Waals surface area (Å²) in [5, 5.41) is 2.62. The van der Waals surface area contributed by atoms with Crippen molar-refractivity contribution in [2.24, 2.45) is 0 Å². The lowest BCUT2D eigenvalue weighted by molar-refractivity contribution is 1.46. The number of hydrogen-bond donors (Lipinski definition) is 0. The van der Waals surface area contributed by atoms with Gasteiger partial charge in [-0.2, -0.15) is 0 Å². The summed E-state index contributed by atoms with van der Waals surface area (Å²) in [6.07, 6.45) is 0. The van der Waals surface area contributed by atoms with Crippen LogP contribution in [0.4, 0.5) is 0 Å². The zero-order chi connectivity index (χ0) is 22.9. The highest BCUT2D eigenvalue weighted by atomic mass is 32.1. The van der Waals surface area contributed by atoms with Crippen molar-refractivity contribution < 1.29 is 0 Å².